The highest BCUT2D eigenvalue weighted by Gasteiger charge is 2.22. The summed E-state index contributed by atoms with van der Waals surface area (Å²) in [4.78, 5) is 28.2. The molecule has 0 fully saturated rings. The number of carboxylic acids is 1. The highest BCUT2D eigenvalue weighted by Crippen LogP contribution is 2.13. The van der Waals surface area contributed by atoms with Gasteiger partial charge in [-0.25, -0.2) is 14.2 Å². The van der Waals surface area contributed by atoms with Gasteiger partial charge in [-0.15, -0.1) is 0 Å². The van der Waals surface area contributed by atoms with E-state index in [0.29, 0.717) is 16.6 Å². The molecule has 0 spiro atoms. The van der Waals surface area contributed by atoms with Gasteiger partial charge in [0.1, 0.15) is 18.4 Å². The van der Waals surface area contributed by atoms with Crippen molar-refractivity contribution >= 4 is 22.8 Å². The lowest BCUT2D eigenvalue weighted by Gasteiger charge is -2.15. The average Bonchev–Trinajstić information content (AvgIpc) is 2.67. The normalized spacial score (nSPS) is 11.9. The van der Waals surface area contributed by atoms with Crippen molar-refractivity contribution in [3.63, 3.8) is 0 Å². The minimum atomic E-state index is -1.14. The van der Waals surface area contributed by atoms with Crippen LogP contribution < -0.4 is 5.32 Å². The number of carbonyl (C=O) groups excluding carboxylic acids is 1. The molecule has 5 nitrogen and oxygen atoms in total. The number of halogens is 1. The standard InChI is InChI=1S/C20H17FN2O3/c21-12-14-7-5-13(6-8-14)11-18(20(25)26)23-19(24)17-10-9-15-3-1-2-4-16(15)22-17/h1-10,18H,11-12H2,(H,23,24)(H,25,26). The molecule has 0 saturated carbocycles. The van der Waals surface area contributed by atoms with Crippen LogP contribution in [-0.2, 0) is 17.9 Å². The second-order valence-electron chi connectivity index (χ2n) is 5.91. The molecule has 0 saturated heterocycles. The van der Waals surface area contributed by atoms with E-state index in [9.17, 15) is 19.1 Å². The minimum Gasteiger partial charge on any atom is -0.480 e. The SMILES string of the molecule is O=C(NC(Cc1ccc(CF)cc1)C(=O)O)c1ccc2ccccc2n1. The van der Waals surface area contributed by atoms with Gasteiger partial charge in [-0.1, -0.05) is 48.5 Å². The van der Waals surface area contributed by atoms with E-state index in [1.165, 1.54) is 0 Å². The maximum atomic E-state index is 12.6. The summed E-state index contributed by atoms with van der Waals surface area (Å²) in [6, 6.07) is 16.1. The van der Waals surface area contributed by atoms with E-state index in [2.05, 4.69) is 10.3 Å². The third-order valence-electron chi connectivity index (χ3n) is 4.05. The number of fused-ring (bicyclic) bond motifs is 1. The molecule has 1 unspecified atom stereocenters. The quantitative estimate of drug-likeness (QED) is 0.714. The van der Waals surface area contributed by atoms with Crippen molar-refractivity contribution < 1.29 is 19.1 Å². The van der Waals surface area contributed by atoms with Gasteiger partial charge in [-0.05, 0) is 23.3 Å². The Morgan fingerprint density at radius 3 is 2.38 bits per heavy atom. The molecule has 1 atom stereocenters. The molecule has 26 heavy (non-hydrogen) atoms. The molecule has 2 N–H and O–H groups in total. The van der Waals surface area contributed by atoms with Crippen molar-refractivity contribution in [3.8, 4) is 0 Å². The summed E-state index contributed by atoms with van der Waals surface area (Å²) in [5.74, 6) is -1.70. The molecule has 3 rings (SSSR count). The van der Waals surface area contributed by atoms with E-state index in [1.54, 1.807) is 42.5 Å². The van der Waals surface area contributed by atoms with E-state index in [0.717, 1.165) is 5.39 Å². The highest BCUT2D eigenvalue weighted by atomic mass is 19.1. The summed E-state index contributed by atoms with van der Waals surface area (Å²) in [5.41, 5.74) is 2.03. The summed E-state index contributed by atoms with van der Waals surface area (Å²) in [6.07, 6.45) is 0.0984. The Morgan fingerprint density at radius 1 is 1.00 bits per heavy atom. The summed E-state index contributed by atoms with van der Waals surface area (Å²) in [6.45, 7) is -0.576. The molecule has 0 aliphatic heterocycles. The first-order chi connectivity index (χ1) is 12.6. The second-order valence-corrected chi connectivity index (χ2v) is 5.91. The number of amides is 1. The first-order valence-electron chi connectivity index (χ1n) is 8.10. The Bertz CT molecular complexity index is 941. The molecule has 1 amide bonds. The fraction of sp³-hybridized carbons (Fsp3) is 0.150. The predicted octanol–water partition coefficient (Wildman–Crippen LogP) is 3.13. The summed E-state index contributed by atoms with van der Waals surface area (Å²) < 4.78 is 12.6. The van der Waals surface area contributed by atoms with Gasteiger partial charge in [0.05, 0.1) is 5.52 Å². The predicted molar refractivity (Wildman–Crippen MR) is 95.6 cm³/mol. The van der Waals surface area contributed by atoms with E-state index in [-0.39, 0.29) is 12.1 Å². The summed E-state index contributed by atoms with van der Waals surface area (Å²) in [7, 11) is 0. The van der Waals surface area contributed by atoms with Gasteiger partial charge in [0.15, 0.2) is 0 Å². The maximum absolute atomic E-state index is 12.6. The summed E-state index contributed by atoms with van der Waals surface area (Å²) >= 11 is 0. The molecule has 0 bridgehead atoms. The third kappa shape index (κ3) is 4.03. The Hall–Kier alpha value is -3.28. The van der Waals surface area contributed by atoms with Crippen molar-refractivity contribution in [2.24, 2.45) is 0 Å². The zero-order valence-electron chi connectivity index (χ0n) is 13.9. The minimum absolute atomic E-state index is 0.0984. The Labute approximate surface area is 149 Å². The monoisotopic (exact) mass is 352 g/mol. The van der Waals surface area contributed by atoms with E-state index in [1.807, 2.05) is 18.2 Å². The lowest BCUT2D eigenvalue weighted by molar-refractivity contribution is -0.139. The number of carbonyl (C=O) groups is 2. The van der Waals surface area contributed by atoms with Gasteiger partial charge in [-0.2, -0.15) is 0 Å². The number of nitrogens with zero attached hydrogens (tertiary/aromatic N) is 1. The van der Waals surface area contributed by atoms with Crippen LogP contribution in [0.25, 0.3) is 10.9 Å². The maximum Gasteiger partial charge on any atom is 0.326 e. The van der Waals surface area contributed by atoms with Crippen LogP contribution in [0.15, 0.2) is 60.7 Å². The number of hydrogen-bond acceptors (Lipinski definition) is 3. The molecule has 1 heterocycles. The first-order valence-corrected chi connectivity index (χ1v) is 8.10. The Morgan fingerprint density at radius 2 is 1.69 bits per heavy atom. The lowest BCUT2D eigenvalue weighted by atomic mass is 10.0. The van der Waals surface area contributed by atoms with E-state index < -0.39 is 24.6 Å². The Kier molecular flexibility index (Phi) is 5.22. The number of carboxylic acid groups (broad SMARTS) is 1. The molecular weight excluding hydrogens is 335 g/mol. The molecule has 3 aromatic rings. The molecule has 2 aromatic carbocycles. The van der Waals surface area contributed by atoms with E-state index in [4.69, 9.17) is 0 Å². The van der Waals surface area contributed by atoms with Gasteiger partial charge in [-0.3, -0.25) is 4.79 Å². The van der Waals surface area contributed by atoms with Crippen molar-refractivity contribution in [1.82, 2.24) is 10.3 Å². The van der Waals surface area contributed by atoms with Crippen molar-refractivity contribution in [2.75, 3.05) is 0 Å². The molecule has 0 radical (unpaired) electrons. The number of aromatic nitrogens is 1. The van der Waals surface area contributed by atoms with Crippen LogP contribution in [0.4, 0.5) is 4.39 Å². The molecule has 6 heteroatoms. The van der Waals surface area contributed by atoms with Crippen LogP contribution in [0.2, 0.25) is 0 Å². The molecule has 132 valence electrons. The van der Waals surface area contributed by atoms with Crippen LogP contribution in [0.5, 0.6) is 0 Å². The molecule has 0 aliphatic rings. The largest absolute Gasteiger partial charge is 0.480 e. The molecule has 0 aliphatic carbocycles. The zero-order valence-corrected chi connectivity index (χ0v) is 13.9. The number of hydrogen-bond donors (Lipinski definition) is 2. The fourth-order valence-corrected chi connectivity index (χ4v) is 2.62. The number of nitrogens with one attached hydrogen (secondary N) is 1. The number of benzene rings is 2. The topological polar surface area (TPSA) is 79.3 Å². The lowest BCUT2D eigenvalue weighted by Crippen LogP contribution is -2.42. The van der Waals surface area contributed by atoms with Crippen LogP contribution in [0, 0.1) is 0 Å². The second kappa shape index (κ2) is 7.74. The number of para-hydroxylation sites is 1. The number of aliphatic carboxylic acids is 1. The average molecular weight is 352 g/mol. The Balaban J connectivity index is 1.75. The van der Waals surface area contributed by atoms with E-state index >= 15 is 0 Å². The van der Waals surface area contributed by atoms with Crippen LogP contribution in [0.1, 0.15) is 21.6 Å². The number of pyridine rings is 1. The van der Waals surface area contributed by atoms with Gasteiger partial charge in [0, 0.05) is 11.8 Å². The van der Waals surface area contributed by atoms with Crippen LogP contribution in [0.3, 0.4) is 0 Å². The number of alkyl halides is 1. The van der Waals surface area contributed by atoms with Gasteiger partial charge in [0.25, 0.3) is 5.91 Å². The van der Waals surface area contributed by atoms with Crippen LogP contribution in [-0.4, -0.2) is 28.0 Å². The zero-order chi connectivity index (χ0) is 18.5. The van der Waals surface area contributed by atoms with Gasteiger partial charge >= 0.3 is 5.97 Å². The smallest absolute Gasteiger partial charge is 0.326 e. The van der Waals surface area contributed by atoms with Gasteiger partial charge < -0.3 is 10.4 Å². The van der Waals surface area contributed by atoms with Crippen LogP contribution >= 0.6 is 0 Å². The molecule has 1 aromatic heterocycles. The fourth-order valence-electron chi connectivity index (χ4n) is 2.62. The number of rotatable bonds is 6. The molecular formula is C20H17FN2O3. The van der Waals surface area contributed by atoms with Crippen molar-refractivity contribution in [3.05, 3.63) is 77.5 Å². The highest BCUT2D eigenvalue weighted by molar-refractivity contribution is 5.97. The van der Waals surface area contributed by atoms with Crippen molar-refractivity contribution in [1.29, 1.82) is 0 Å². The van der Waals surface area contributed by atoms with Crippen molar-refractivity contribution in [2.45, 2.75) is 19.1 Å². The summed E-state index contributed by atoms with van der Waals surface area (Å²) in [5, 5.41) is 12.8. The van der Waals surface area contributed by atoms with Gasteiger partial charge in [0.2, 0.25) is 0 Å². The first kappa shape index (κ1) is 17.5. The third-order valence-corrected chi connectivity index (χ3v) is 4.05.